The average Bonchev–Trinajstić information content (AvgIpc) is 2.52. The van der Waals surface area contributed by atoms with Gasteiger partial charge in [0.25, 0.3) is 0 Å². The minimum Gasteiger partial charge on any atom is -0.466 e. The zero-order valence-corrected chi connectivity index (χ0v) is 16.6. The van der Waals surface area contributed by atoms with Crippen LogP contribution >= 0.6 is 0 Å². The SMILES string of the molecule is CCOC(=O)CCCCNC(=O)C(N)CCCCNC(=O)OC(C)(C)C. The molecule has 26 heavy (non-hydrogen) atoms. The molecule has 152 valence electrons. The lowest BCUT2D eigenvalue weighted by Crippen LogP contribution is -2.41. The van der Waals surface area contributed by atoms with Crippen LogP contribution in [0.4, 0.5) is 4.79 Å². The summed E-state index contributed by atoms with van der Waals surface area (Å²) in [5.74, 6) is -0.406. The van der Waals surface area contributed by atoms with Gasteiger partial charge in [0.2, 0.25) is 5.91 Å². The van der Waals surface area contributed by atoms with Gasteiger partial charge in [0.15, 0.2) is 0 Å². The smallest absolute Gasteiger partial charge is 0.407 e. The highest BCUT2D eigenvalue weighted by atomic mass is 16.6. The molecule has 0 aliphatic carbocycles. The van der Waals surface area contributed by atoms with E-state index in [1.54, 1.807) is 27.7 Å². The van der Waals surface area contributed by atoms with Gasteiger partial charge in [-0.3, -0.25) is 9.59 Å². The summed E-state index contributed by atoms with van der Waals surface area (Å²) in [5, 5.41) is 5.44. The molecule has 1 atom stereocenters. The first-order valence-electron chi connectivity index (χ1n) is 9.31. The molecule has 0 saturated heterocycles. The fraction of sp³-hybridized carbons (Fsp3) is 0.833. The van der Waals surface area contributed by atoms with E-state index in [2.05, 4.69) is 10.6 Å². The maximum atomic E-state index is 11.9. The third kappa shape index (κ3) is 14.5. The lowest BCUT2D eigenvalue weighted by molar-refractivity contribution is -0.143. The second kappa shape index (κ2) is 13.4. The Hall–Kier alpha value is -1.83. The van der Waals surface area contributed by atoms with Gasteiger partial charge in [0, 0.05) is 19.5 Å². The second-order valence-electron chi connectivity index (χ2n) is 7.08. The van der Waals surface area contributed by atoms with E-state index in [0.29, 0.717) is 45.4 Å². The highest BCUT2D eigenvalue weighted by molar-refractivity contribution is 5.81. The summed E-state index contributed by atoms with van der Waals surface area (Å²) in [4.78, 5) is 34.5. The van der Waals surface area contributed by atoms with E-state index >= 15 is 0 Å². The summed E-state index contributed by atoms with van der Waals surface area (Å²) in [6.45, 7) is 8.55. The molecule has 0 bridgehead atoms. The van der Waals surface area contributed by atoms with Gasteiger partial charge in [-0.25, -0.2) is 4.79 Å². The van der Waals surface area contributed by atoms with Crippen molar-refractivity contribution in [1.29, 1.82) is 0 Å². The van der Waals surface area contributed by atoms with Crippen molar-refractivity contribution in [2.24, 2.45) is 5.73 Å². The third-order valence-corrected chi connectivity index (χ3v) is 3.36. The van der Waals surface area contributed by atoms with E-state index in [1.807, 2.05) is 0 Å². The molecule has 0 heterocycles. The molecule has 8 nitrogen and oxygen atoms in total. The van der Waals surface area contributed by atoms with Crippen molar-refractivity contribution in [2.75, 3.05) is 19.7 Å². The number of carbonyl (C=O) groups excluding carboxylic acids is 3. The zero-order chi connectivity index (χ0) is 20.0. The molecule has 0 rings (SSSR count). The number of unbranched alkanes of at least 4 members (excludes halogenated alkanes) is 2. The molecule has 0 spiro atoms. The number of amides is 2. The maximum Gasteiger partial charge on any atom is 0.407 e. The lowest BCUT2D eigenvalue weighted by Gasteiger charge is -2.19. The number of nitrogens with two attached hydrogens (primary N) is 1. The molecule has 1 unspecified atom stereocenters. The molecule has 0 aromatic rings. The topological polar surface area (TPSA) is 120 Å². The summed E-state index contributed by atoms with van der Waals surface area (Å²) in [6.07, 6.45) is 3.29. The molecule has 0 aromatic carbocycles. The zero-order valence-electron chi connectivity index (χ0n) is 16.6. The number of carbonyl (C=O) groups is 3. The quantitative estimate of drug-likeness (QED) is 0.355. The van der Waals surface area contributed by atoms with Crippen LogP contribution in [-0.4, -0.2) is 49.3 Å². The van der Waals surface area contributed by atoms with E-state index in [1.165, 1.54) is 0 Å². The molecular weight excluding hydrogens is 338 g/mol. The minimum atomic E-state index is -0.568. The first kappa shape index (κ1) is 24.2. The number of alkyl carbamates (subject to hydrolysis) is 1. The summed E-state index contributed by atoms with van der Waals surface area (Å²) in [5.41, 5.74) is 5.33. The predicted molar refractivity (Wildman–Crippen MR) is 99.6 cm³/mol. The Kier molecular flexibility index (Phi) is 12.4. The number of ether oxygens (including phenoxy) is 2. The highest BCUT2D eigenvalue weighted by Gasteiger charge is 2.16. The van der Waals surface area contributed by atoms with Crippen LogP contribution in [0.3, 0.4) is 0 Å². The van der Waals surface area contributed by atoms with Crippen LogP contribution in [-0.2, 0) is 19.1 Å². The van der Waals surface area contributed by atoms with E-state index < -0.39 is 17.7 Å². The summed E-state index contributed by atoms with van der Waals surface area (Å²) in [6, 6.07) is -0.568. The predicted octanol–water partition coefficient (Wildman–Crippen LogP) is 1.86. The van der Waals surface area contributed by atoms with Gasteiger partial charge < -0.3 is 25.8 Å². The number of hydrogen-bond donors (Lipinski definition) is 3. The van der Waals surface area contributed by atoms with Crippen LogP contribution < -0.4 is 16.4 Å². The van der Waals surface area contributed by atoms with E-state index in [4.69, 9.17) is 15.2 Å². The average molecular weight is 373 g/mol. The molecule has 0 saturated carbocycles. The molecule has 4 N–H and O–H groups in total. The molecule has 2 amide bonds. The third-order valence-electron chi connectivity index (χ3n) is 3.36. The van der Waals surface area contributed by atoms with Crippen molar-refractivity contribution >= 4 is 18.0 Å². The van der Waals surface area contributed by atoms with Gasteiger partial charge >= 0.3 is 12.1 Å². The molecule has 0 aliphatic heterocycles. The van der Waals surface area contributed by atoms with Crippen molar-refractivity contribution in [3.63, 3.8) is 0 Å². The summed E-state index contributed by atoms with van der Waals surface area (Å²) in [7, 11) is 0. The van der Waals surface area contributed by atoms with Gasteiger partial charge in [0.05, 0.1) is 12.6 Å². The number of nitrogens with one attached hydrogen (secondary N) is 2. The van der Waals surface area contributed by atoms with Crippen LogP contribution in [0, 0.1) is 0 Å². The van der Waals surface area contributed by atoms with E-state index in [-0.39, 0.29) is 11.9 Å². The Balaban J connectivity index is 3.65. The van der Waals surface area contributed by atoms with Gasteiger partial charge in [-0.15, -0.1) is 0 Å². The van der Waals surface area contributed by atoms with E-state index in [9.17, 15) is 14.4 Å². The summed E-state index contributed by atoms with van der Waals surface area (Å²) >= 11 is 0. The number of hydrogen-bond acceptors (Lipinski definition) is 6. The number of rotatable bonds is 12. The van der Waals surface area contributed by atoms with Crippen molar-refractivity contribution in [2.45, 2.75) is 77.9 Å². The van der Waals surface area contributed by atoms with Gasteiger partial charge in [0.1, 0.15) is 5.60 Å². The van der Waals surface area contributed by atoms with Crippen LogP contribution in [0.5, 0.6) is 0 Å². The Labute approximate surface area is 156 Å². The van der Waals surface area contributed by atoms with Crippen molar-refractivity contribution in [1.82, 2.24) is 10.6 Å². The van der Waals surface area contributed by atoms with Crippen LogP contribution in [0.1, 0.15) is 66.2 Å². The van der Waals surface area contributed by atoms with Crippen LogP contribution in [0.25, 0.3) is 0 Å². The Morgan fingerprint density at radius 1 is 1.00 bits per heavy atom. The molecule has 0 aliphatic rings. The number of esters is 1. The normalized spacial score (nSPS) is 12.2. The lowest BCUT2D eigenvalue weighted by atomic mass is 10.1. The largest absolute Gasteiger partial charge is 0.466 e. The fourth-order valence-electron chi connectivity index (χ4n) is 2.10. The monoisotopic (exact) mass is 373 g/mol. The minimum absolute atomic E-state index is 0.193. The van der Waals surface area contributed by atoms with E-state index in [0.717, 1.165) is 12.8 Å². The first-order valence-corrected chi connectivity index (χ1v) is 9.31. The summed E-state index contributed by atoms with van der Waals surface area (Å²) < 4.78 is 9.96. The fourth-order valence-corrected chi connectivity index (χ4v) is 2.10. The Morgan fingerprint density at radius 3 is 2.23 bits per heavy atom. The standard InChI is InChI=1S/C18H35N3O5/c1-5-25-15(22)11-7-9-12-20-16(23)14(19)10-6-8-13-21-17(24)26-18(2,3)4/h14H,5-13,19H2,1-4H3,(H,20,23)(H,21,24). The van der Waals surface area contributed by atoms with Crippen LogP contribution in [0.15, 0.2) is 0 Å². The van der Waals surface area contributed by atoms with Crippen molar-refractivity contribution in [3.8, 4) is 0 Å². The molecule has 0 fully saturated rings. The van der Waals surface area contributed by atoms with Crippen LogP contribution in [0.2, 0.25) is 0 Å². The van der Waals surface area contributed by atoms with Crippen molar-refractivity contribution in [3.05, 3.63) is 0 Å². The molecule has 0 aromatic heterocycles. The highest BCUT2D eigenvalue weighted by Crippen LogP contribution is 2.06. The van der Waals surface area contributed by atoms with Gasteiger partial charge in [-0.1, -0.05) is 0 Å². The molecule has 8 heteroatoms. The van der Waals surface area contributed by atoms with Crippen molar-refractivity contribution < 1.29 is 23.9 Å². The van der Waals surface area contributed by atoms with Gasteiger partial charge in [-0.2, -0.15) is 0 Å². The maximum absolute atomic E-state index is 11.9. The van der Waals surface area contributed by atoms with Gasteiger partial charge in [-0.05, 0) is 59.8 Å². The Morgan fingerprint density at radius 2 is 1.62 bits per heavy atom. The molecular formula is C18H35N3O5. The Bertz CT molecular complexity index is 435. The first-order chi connectivity index (χ1) is 12.2. The molecule has 0 radical (unpaired) electrons. The second-order valence-corrected chi connectivity index (χ2v) is 7.08.